The molecule has 2 rings (SSSR count). The lowest BCUT2D eigenvalue weighted by Gasteiger charge is -2.20. The second kappa shape index (κ2) is 3.91. The molecule has 1 unspecified atom stereocenters. The first-order valence-electron chi connectivity index (χ1n) is 5.29. The Hall–Kier alpha value is -1.23. The van der Waals surface area contributed by atoms with Gasteiger partial charge in [-0.2, -0.15) is 0 Å². The molecule has 0 amide bonds. The zero-order chi connectivity index (χ0) is 12.7. The van der Waals surface area contributed by atoms with Gasteiger partial charge in [-0.1, -0.05) is 19.1 Å². The SMILES string of the molecule is CC1(Cc2ccc(F)cc2)CS(=O)(=O)CC1=O. The summed E-state index contributed by atoms with van der Waals surface area (Å²) in [6.45, 7) is 1.66. The van der Waals surface area contributed by atoms with Gasteiger partial charge in [-0.3, -0.25) is 4.79 Å². The van der Waals surface area contributed by atoms with E-state index in [-0.39, 0.29) is 23.1 Å². The summed E-state index contributed by atoms with van der Waals surface area (Å²) in [5.41, 5.74) is -0.0872. The second-order valence-electron chi connectivity index (χ2n) is 4.82. The van der Waals surface area contributed by atoms with Crippen LogP contribution in [0.5, 0.6) is 0 Å². The van der Waals surface area contributed by atoms with Crippen molar-refractivity contribution < 1.29 is 17.6 Å². The van der Waals surface area contributed by atoms with Gasteiger partial charge < -0.3 is 0 Å². The van der Waals surface area contributed by atoms with Crippen molar-refractivity contribution in [3.05, 3.63) is 35.6 Å². The molecule has 0 aromatic heterocycles. The lowest BCUT2D eigenvalue weighted by molar-refractivity contribution is -0.123. The van der Waals surface area contributed by atoms with E-state index in [1.807, 2.05) is 0 Å². The van der Waals surface area contributed by atoms with Gasteiger partial charge in [-0.25, -0.2) is 12.8 Å². The molecule has 0 N–H and O–H groups in total. The third kappa shape index (κ3) is 2.54. The van der Waals surface area contributed by atoms with Crippen molar-refractivity contribution in [1.82, 2.24) is 0 Å². The fourth-order valence-electron chi connectivity index (χ4n) is 2.19. The Morgan fingerprint density at radius 1 is 1.29 bits per heavy atom. The van der Waals surface area contributed by atoms with Crippen molar-refractivity contribution in [2.75, 3.05) is 11.5 Å². The number of benzene rings is 1. The molecule has 0 radical (unpaired) electrons. The van der Waals surface area contributed by atoms with Gasteiger partial charge in [0.15, 0.2) is 15.6 Å². The monoisotopic (exact) mass is 256 g/mol. The molecule has 92 valence electrons. The average molecular weight is 256 g/mol. The first-order chi connectivity index (χ1) is 7.81. The summed E-state index contributed by atoms with van der Waals surface area (Å²) in [5.74, 6) is -1.08. The average Bonchev–Trinajstić information content (AvgIpc) is 2.39. The number of carbonyl (C=O) groups excluding carboxylic acids is 1. The largest absolute Gasteiger partial charge is 0.298 e. The normalized spacial score (nSPS) is 27.3. The smallest absolute Gasteiger partial charge is 0.158 e. The Balaban J connectivity index is 2.24. The van der Waals surface area contributed by atoms with E-state index in [9.17, 15) is 17.6 Å². The number of carbonyl (C=O) groups is 1. The Labute approximate surface area is 99.6 Å². The van der Waals surface area contributed by atoms with Gasteiger partial charge in [0.05, 0.1) is 5.75 Å². The topological polar surface area (TPSA) is 51.2 Å². The fraction of sp³-hybridized carbons (Fsp3) is 0.417. The second-order valence-corrected chi connectivity index (χ2v) is 6.88. The molecule has 0 saturated carbocycles. The minimum Gasteiger partial charge on any atom is -0.298 e. The summed E-state index contributed by atoms with van der Waals surface area (Å²) < 4.78 is 35.6. The van der Waals surface area contributed by atoms with E-state index in [1.165, 1.54) is 12.1 Å². The van der Waals surface area contributed by atoms with Crippen LogP contribution in [0.3, 0.4) is 0 Å². The lowest BCUT2D eigenvalue weighted by Crippen LogP contribution is -2.28. The molecule has 3 nitrogen and oxygen atoms in total. The van der Waals surface area contributed by atoms with Gasteiger partial charge in [0.25, 0.3) is 0 Å². The molecule has 1 heterocycles. The first-order valence-corrected chi connectivity index (χ1v) is 7.11. The molecule has 17 heavy (non-hydrogen) atoms. The van der Waals surface area contributed by atoms with E-state index < -0.39 is 15.3 Å². The Bertz CT molecular complexity index is 548. The van der Waals surface area contributed by atoms with Crippen LogP contribution in [0.15, 0.2) is 24.3 Å². The lowest BCUT2D eigenvalue weighted by atomic mass is 9.82. The molecule has 1 atom stereocenters. The van der Waals surface area contributed by atoms with E-state index in [0.29, 0.717) is 6.42 Å². The van der Waals surface area contributed by atoms with Crippen LogP contribution in [0.4, 0.5) is 4.39 Å². The van der Waals surface area contributed by atoms with E-state index in [4.69, 9.17) is 0 Å². The van der Waals surface area contributed by atoms with Crippen LogP contribution in [-0.4, -0.2) is 25.7 Å². The molecule has 1 saturated heterocycles. The highest BCUT2D eigenvalue weighted by molar-refractivity contribution is 7.92. The van der Waals surface area contributed by atoms with Crippen molar-refractivity contribution >= 4 is 15.6 Å². The summed E-state index contributed by atoms with van der Waals surface area (Å²) in [6, 6.07) is 5.79. The summed E-state index contributed by atoms with van der Waals surface area (Å²) in [6.07, 6.45) is 0.339. The number of rotatable bonds is 2. The van der Waals surface area contributed by atoms with Crippen molar-refractivity contribution in [3.63, 3.8) is 0 Å². The highest BCUT2D eigenvalue weighted by atomic mass is 32.2. The van der Waals surface area contributed by atoms with Crippen LogP contribution in [0.2, 0.25) is 0 Å². The number of hydrogen-bond donors (Lipinski definition) is 0. The molecule has 0 bridgehead atoms. The number of halogens is 1. The van der Waals surface area contributed by atoms with Crippen molar-refractivity contribution in [2.24, 2.45) is 5.41 Å². The molecular weight excluding hydrogens is 243 g/mol. The molecule has 0 spiro atoms. The van der Waals surface area contributed by atoms with Crippen LogP contribution in [0, 0.1) is 11.2 Å². The third-order valence-corrected chi connectivity index (χ3v) is 4.85. The molecule has 1 aliphatic heterocycles. The number of ketones is 1. The van der Waals surface area contributed by atoms with Crippen LogP contribution in [0.1, 0.15) is 12.5 Å². The predicted octanol–water partition coefficient (Wildman–Crippen LogP) is 1.37. The molecule has 1 aromatic carbocycles. The van der Waals surface area contributed by atoms with Gasteiger partial charge in [0.1, 0.15) is 11.6 Å². The number of sulfone groups is 1. The van der Waals surface area contributed by atoms with Gasteiger partial charge >= 0.3 is 0 Å². The van der Waals surface area contributed by atoms with E-state index in [1.54, 1.807) is 19.1 Å². The minimum absolute atomic E-state index is 0.115. The minimum atomic E-state index is -3.25. The highest BCUT2D eigenvalue weighted by Gasteiger charge is 2.45. The molecular formula is C12H13FO3S. The molecule has 1 fully saturated rings. The van der Waals surface area contributed by atoms with Crippen molar-refractivity contribution in [3.8, 4) is 0 Å². The fourth-order valence-corrected chi connectivity index (χ4v) is 4.28. The Morgan fingerprint density at radius 2 is 1.88 bits per heavy atom. The van der Waals surface area contributed by atoms with Crippen molar-refractivity contribution in [1.29, 1.82) is 0 Å². The summed E-state index contributed by atoms with van der Waals surface area (Å²) in [5, 5.41) is 0. The zero-order valence-electron chi connectivity index (χ0n) is 9.44. The molecule has 1 aromatic rings. The maximum absolute atomic E-state index is 12.7. The Kier molecular flexibility index (Phi) is 2.81. The quantitative estimate of drug-likeness (QED) is 0.803. The van der Waals surface area contributed by atoms with Gasteiger partial charge in [-0.05, 0) is 24.1 Å². The van der Waals surface area contributed by atoms with Gasteiger partial charge in [0.2, 0.25) is 0 Å². The van der Waals surface area contributed by atoms with Crippen LogP contribution < -0.4 is 0 Å². The summed E-state index contributed by atoms with van der Waals surface area (Å²) in [4.78, 5) is 11.7. The van der Waals surface area contributed by atoms with Crippen LogP contribution >= 0.6 is 0 Å². The van der Waals surface area contributed by atoms with Crippen molar-refractivity contribution in [2.45, 2.75) is 13.3 Å². The summed E-state index contributed by atoms with van der Waals surface area (Å²) in [7, 11) is -3.25. The van der Waals surface area contributed by atoms with E-state index >= 15 is 0 Å². The van der Waals surface area contributed by atoms with Crippen LogP contribution in [-0.2, 0) is 21.1 Å². The first kappa shape index (κ1) is 12.2. The maximum Gasteiger partial charge on any atom is 0.158 e. The van der Waals surface area contributed by atoms with Gasteiger partial charge in [-0.15, -0.1) is 0 Å². The Morgan fingerprint density at radius 3 is 2.35 bits per heavy atom. The maximum atomic E-state index is 12.7. The molecule has 1 aliphatic rings. The number of hydrogen-bond acceptors (Lipinski definition) is 3. The molecule has 5 heteroatoms. The van der Waals surface area contributed by atoms with E-state index in [0.717, 1.165) is 5.56 Å². The zero-order valence-corrected chi connectivity index (χ0v) is 10.3. The van der Waals surface area contributed by atoms with Gasteiger partial charge in [0, 0.05) is 5.41 Å². The number of Topliss-reactive ketones (excluding diaryl/α,β-unsaturated/α-hetero) is 1. The highest BCUT2D eigenvalue weighted by Crippen LogP contribution is 2.32. The summed E-state index contributed by atoms with van der Waals surface area (Å²) >= 11 is 0. The third-order valence-electron chi connectivity index (χ3n) is 3.07. The van der Waals surface area contributed by atoms with E-state index in [2.05, 4.69) is 0 Å². The van der Waals surface area contributed by atoms with Crippen LogP contribution in [0.25, 0.3) is 0 Å². The predicted molar refractivity (Wildman–Crippen MR) is 61.9 cm³/mol. The molecule has 0 aliphatic carbocycles. The standard InChI is InChI=1S/C12H13FO3S/c1-12(8-17(15,16)7-11(12)14)6-9-2-4-10(13)5-3-9/h2-5H,6-8H2,1H3.